The Bertz CT molecular complexity index is 1570. The molecule has 0 radical (unpaired) electrons. The summed E-state index contributed by atoms with van der Waals surface area (Å²) >= 11 is 6.35. The molecule has 1 atom stereocenters. The van der Waals surface area contributed by atoms with Crippen LogP contribution in [0.15, 0.2) is 72.4 Å². The van der Waals surface area contributed by atoms with Gasteiger partial charge < -0.3 is 24.8 Å². The summed E-state index contributed by atoms with van der Waals surface area (Å²) in [6.45, 7) is 2.02. The van der Waals surface area contributed by atoms with Crippen molar-refractivity contribution in [2.75, 3.05) is 13.7 Å². The van der Waals surface area contributed by atoms with Gasteiger partial charge in [0.15, 0.2) is 0 Å². The number of aromatic nitrogens is 1. The molecule has 1 aromatic heterocycles. The van der Waals surface area contributed by atoms with Crippen molar-refractivity contribution in [3.05, 3.63) is 99.7 Å². The number of ketones is 1. The first kappa shape index (κ1) is 24.5. The number of rotatable bonds is 6. The normalized spacial score (nSPS) is 17.1. The van der Waals surface area contributed by atoms with Gasteiger partial charge in [-0.25, -0.2) is 0 Å². The summed E-state index contributed by atoms with van der Waals surface area (Å²) in [4.78, 5) is 31.4. The van der Waals surface area contributed by atoms with Crippen LogP contribution >= 0.6 is 11.6 Å². The zero-order valence-electron chi connectivity index (χ0n) is 20.3. The molecule has 5 rings (SSSR count). The third-order valence-corrected chi connectivity index (χ3v) is 6.95. The Hall–Kier alpha value is -4.23. The number of aromatic hydroxyl groups is 1. The van der Waals surface area contributed by atoms with E-state index in [1.54, 1.807) is 31.2 Å². The first-order chi connectivity index (χ1) is 17.8. The number of likely N-dealkylation sites (tertiary alicyclic amines) is 1. The van der Waals surface area contributed by atoms with Crippen molar-refractivity contribution in [1.82, 2.24) is 9.88 Å². The number of ether oxygens (including phenoxy) is 1. The number of aliphatic hydroxyl groups excluding tert-OH is 1. The van der Waals surface area contributed by atoms with Gasteiger partial charge in [-0.05, 0) is 60.4 Å². The van der Waals surface area contributed by atoms with Gasteiger partial charge in [0.1, 0.15) is 17.3 Å². The minimum Gasteiger partial charge on any atom is -0.508 e. The molecule has 0 saturated carbocycles. The molecule has 1 unspecified atom stereocenters. The van der Waals surface area contributed by atoms with E-state index in [0.717, 1.165) is 22.0 Å². The maximum Gasteiger partial charge on any atom is 0.295 e. The highest BCUT2D eigenvalue weighted by Gasteiger charge is 2.46. The van der Waals surface area contributed by atoms with Crippen LogP contribution in [-0.4, -0.2) is 45.4 Å². The van der Waals surface area contributed by atoms with Crippen LogP contribution in [-0.2, 0) is 16.0 Å². The Morgan fingerprint density at radius 3 is 2.65 bits per heavy atom. The molecule has 0 bridgehead atoms. The maximum atomic E-state index is 13.4. The number of hydrogen-bond donors (Lipinski definition) is 3. The lowest BCUT2D eigenvalue weighted by atomic mass is 9.94. The highest BCUT2D eigenvalue weighted by atomic mass is 35.5. The number of aryl methyl sites for hydroxylation is 1. The zero-order chi connectivity index (χ0) is 26.3. The van der Waals surface area contributed by atoms with Crippen LogP contribution in [0.4, 0.5) is 0 Å². The molecule has 0 aliphatic carbocycles. The second kappa shape index (κ2) is 9.67. The molecule has 1 amide bonds. The fraction of sp³-hybridized carbons (Fsp3) is 0.172. The molecule has 2 heterocycles. The van der Waals surface area contributed by atoms with E-state index in [1.165, 1.54) is 24.1 Å². The minimum absolute atomic E-state index is 0.0177. The van der Waals surface area contributed by atoms with Crippen LogP contribution in [0.1, 0.15) is 28.3 Å². The molecular formula is C29H25ClN2O5. The molecule has 1 saturated heterocycles. The third kappa shape index (κ3) is 4.32. The number of Topliss-reactive ketones (excluding diaryl/α,β-unsaturated/α-hetero) is 1. The smallest absolute Gasteiger partial charge is 0.295 e. The van der Waals surface area contributed by atoms with E-state index in [4.69, 9.17) is 16.3 Å². The predicted molar refractivity (Wildman–Crippen MR) is 142 cm³/mol. The molecule has 1 fully saturated rings. The number of hydrogen-bond acceptors (Lipinski definition) is 5. The summed E-state index contributed by atoms with van der Waals surface area (Å²) in [5.41, 5.74) is 3.35. The second-order valence-corrected chi connectivity index (χ2v) is 9.43. The average Bonchev–Trinajstić information content (AvgIpc) is 3.40. The molecule has 37 heavy (non-hydrogen) atoms. The number of carbonyl (C=O) groups is 2. The highest BCUT2D eigenvalue weighted by Crippen LogP contribution is 2.43. The number of carbonyl (C=O) groups excluding carboxylic acids is 2. The van der Waals surface area contributed by atoms with Crippen LogP contribution < -0.4 is 4.74 Å². The number of phenols is 1. The number of amides is 1. The van der Waals surface area contributed by atoms with Crippen molar-refractivity contribution < 1.29 is 24.5 Å². The number of para-hydroxylation sites is 1. The number of benzene rings is 3. The number of nitrogens with zero attached hydrogens (tertiary/aromatic N) is 1. The molecule has 3 N–H and O–H groups in total. The van der Waals surface area contributed by atoms with Gasteiger partial charge in [0.05, 0.1) is 29.3 Å². The summed E-state index contributed by atoms with van der Waals surface area (Å²) in [5.74, 6) is -1.75. The summed E-state index contributed by atoms with van der Waals surface area (Å²) < 4.78 is 5.42. The van der Waals surface area contributed by atoms with E-state index < -0.39 is 17.7 Å². The maximum absolute atomic E-state index is 13.4. The number of halogens is 1. The first-order valence-electron chi connectivity index (χ1n) is 11.8. The fourth-order valence-electron chi connectivity index (χ4n) is 4.99. The van der Waals surface area contributed by atoms with Crippen molar-refractivity contribution in [2.45, 2.75) is 19.4 Å². The molecule has 1 aliphatic rings. The molecule has 3 aromatic carbocycles. The van der Waals surface area contributed by atoms with Gasteiger partial charge in [-0.3, -0.25) is 9.59 Å². The average molecular weight is 517 g/mol. The lowest BCUT2D eigenvalue weighted by Gasteiger charge is -2.25. The Balaban J connectivity index is 1.63. The minimum atomic E-state index is -0.915. The van der Waals surface area contributed by atoms with Gasteiger partial charge in [-0.2, -0.15) is 0 Å². The molecule has 4 aromatic rings. The summed E-state index contributed by atoms with van der Waals surface area (Å²) in [7, 11) is 1.42. The van der Waals surface area contributed by atoms with Crippen LogP contribution in [0.3, 0.4) is 0 Å². The number of phenolic OH excluding ortho intramolecular Hbond substituents is 1. The lowest BCUT2D eigenvalue weighted by molar-refractivity contribution is -0.139. The van der Waals surface area contributed by atoms with Gasteiger partial charge in [0, 0.05) is 23.6 Å². The zero-order valence-corrected chi connectivity index (χ0v) is 21.0. The van der Waals surface area contributed by atoms with Crippen LogP contribution in [0.2, 0.25) is 5.02 Å². The quantitative estimate of drug-likeness (QED) is 0.178. The molecule has 1 aliphatic heterocycles. The first-order valence-corrected chi connectivity index (χ1v) is 12.1. The Labute approximate surface area is 218 Å². The molecule has 188 valence electrons. The number of nitrogens with one attached hydrogen (secondary N) is 1. The van der Waals surface area contributed by atoms with Crippen molar-refractivity contribution in [1.29, 1.82) is 0 Å². The SMILES string of the molecule is COc1c(Cl)cc(C)cc1/C(O)=C1\C(=O)C(=O)N(CCc2c[nH]c3ccccc23)C1c1cccc(O)c1. The van der Waals surface area contributed by atoms with E-state index >= 15 is 0 Å². The fourth-order valence-corrected chi connectivity index (χ4v) is 5.34. The second-order valence-electron chi connectivity index (χ2n) is 9.02. The van der Waals surface area contributed by atoms with Crippen molar-refractivity contribution >= 4 is 40.0 Å². The van der Waals surface area contributed by atoms with Crippen molar-refractivity contribution in [3.8, 4) is 11.5 Å². The van der Waals surface area contributed by atoms with Crippen molar-refractivity contribution in [3.63, 3.8) is 0 Å². The third-order valence-electron chi connectivity index (χ3n) is 6.67. The molecule has 7 nitrogen and oxygen atoms in total. The molecule has 0 spiro atoms. The standard InChI is InChI=1S/C29H25ClN2O5/c1-16-12-21(28(37-2)22(30)13-16)26(34)24-25(17-6-5-7-19(33)14-17)32(29(36)27(24)35)11-10-18-15-31-23-9-4-3-8-20(18)23/h3-9,12-15,25,31,33-34H,10-11H2,1-2H3/b26-24+. The van der Waals surface area contributed by atoms with E-state index in [2.05, 4.69) is 4.98 Å². The van der Waals surface area contributed by atoms with Gasteiger partial charge in [0.2, 0.25) is 0 Å². The van der Waals surface area contributed by atoms with Gasteiger partial charge in [0.25, 0.3) is 11.7 Å². The topological polar surface area (TPSA) is 103 Å². The van der Waals surface area contributed by atoms with E-state index in [-0.39, 0.29) is 40.0 Å². The summed E-state index contributed by atoms with van der Waals surface area (Å²) in [6.07, 6.45) is 2.37. The number of aliphatic hydroxyl groups is 1. The Morgan fingerprint density at radius 2 is 1.89 bits per heavy atom. The predicted octanol–water partition coefficient (Wildman–Crippen LogP) is 5.51. The largest absolute Gasteiger partial charge is 0.508 e. The Morgan fingerprint density at radius 1 is 1.11 bits per heavy atom. The lowest BCUT2D eigenvalue weighted by Crippen LogP contribution is -2.31. The molecule has 8 heteroatoms. The van der Waals surface area contributed by atoms with E-state index in [1.807, 2.05) is 30.5 Å². The summed E-state index contributed by atoms with van der Waals surface area (Å²) in [5, 5.41) is 22.9. The van der Waals surface area contributed by atoms with Crippen LogP contribution in [0.5, 0.6) is 11.5 Å². The Kier molecular flexibility index (Phi) is 6.39. The van der Waals surface area contributed by atoms with Crippen LogP contribution in [0.25, 0.3) is 16.7 Å². The highest BCUT2D eigenvalue weighted by molar-refractivity contribution is 6.46. The number of aromatic amines is 1. The van der Waals surface area contributed by atoms with Gasteiger partial charge in [-0.15, -0.1) is 0 Å². The van der Waals surface area contributed by atoms with E-state index in [9.17, 15) is 19.8 Å². The van der Waals surface area contributed by atoms with E-state index in [0.29, 0.717) is 12.0 Å². The van der Waals surface area contributed by atoms with Crippen LogP contribution in [0, 0.1) is 6.92 Å². The van der Waals surface area contributed by atoms with Crippen molar-refractivity contribution in [2.24, 2.45) is 0 Å². The van der Waals surface area contributed by atoms with Gasteiger partial charge >= 0.3 is 0 Å². The monoisotopic (exact) mass is 516 g/mol. The number of H-pyrrole nitrogens is 1. The molecular weight excluding hydrogens is 492 g/mol. The number of methoxy groups -OCH3 is 1. The summed E-state index contributed by atoms with van der Waals surface area (Å²) in [6, 6.07) is 16.6. The van der Waals surface area contributed by atoms with Gasteiger partial charge in [-0.1, -0.05) is 41.9 Å². The number of fused-ring (bicyclic) bond motifs is 1.